The smallest absolute Gasteiger partial charge is 0.221 e. The van der Waals surface area contributed by atoms with Gasteiger partial charge < -0.3 is 5.32 Å². The van der Waals surface area contributed by atoms with Crippen LogP contribution in [0.5, 0.6) is 0 Å². The lowest BCUT2D eigenvalue weighted by Gasteiger charge is -2.04. The third-order valence-electron chi connectivity index (χ3n) is 2.50. The van der Waals surface area contributed by atoms with Gasteiger partial charge in [-0.2, -0.15) is 0 Å². The molecule has 0 aliphatic heterocycles. The summed E-state index contributed by atoms with van der Waals surface area (Å²) in [5.41, 5.74) is 0. The molecule has 1 amide bonds. The minimum atomic E-state index is -0.241. The molecular weight excluding hydrogens is 361 g/mol. The van der Waals surface area contributed by atoms with Crippen LogP contribution in [-0.4, -0.2) is 11.7 Å². The van der Waals surface area contributed by atoms with Crippen molar-refractivity contribution < 1.29 is 9.18 Å². The molecule has 1 aromatic carbocycles. The van der Waals surface area contributed by atoms with E-state index in [1.807, 2.05) is 12.1 Å². The molecule has 0 aliphatic carbocycles. The van der Waals surface area contributed by atoms with Gasteiger partial charge in [0.25, 0.3) is 0 Å². The summed E-state index contributed by atoms with van der Waals surface area (Å²) >= 11 is 6.55. The van der Waals surface area contributed by atoms with Crippen molar-refractivity contribution >= 4 is 44.9 Å². The van der Waals surface area contributed by atoms with Gasteiger partial charge in [0, 0.05) is 21.9 Å². The van der Waals surface area contributed by atoms with Crippen molar-refractivity contribution in [1.29, 1.82) is 0 Å². The average molecular weight is 374 g/mol. The molecule has 0 fully saturated rings. The highest BCUT2D eigenvalue weighted by Gasteiger charge is 2.04. The van der Waals surface area contributed by atoms with Crippen LogP contribution in [0.2, 0.25) is 0 Å². The van der Waals surface area contributed by atoms with Crippen LogP contribution in [0.1, 0.15) is 11.3 Å². The third-order valence-corrected chi connectivity index (χ3v) is 5.14. The van der Waals surface area contributed by atoms with E-state index in [-0.39, 0.29) is 11.7 Å². The Morgan fingerprint density at radius 1 is 1.25 bits per heavy atom. The fourth-order valence-electron chi connectivity index (χ4n) is 1.51. The standard InChI is InChI=1S/C14H13BrFNOS2/c15-13-6-5-12(20-13)9-17-14(18)7-8-19-11-3-1-10(16)2-4-11/h1-6H,7-9H2,(H,17,18). The molecule has 20 heavy (non-hydrogen) atoms. The molecule has 106 valence electrons. The first-order valence-electron chi connectivity index (χ1n) is 6.03. The van der Waals surface area contributed by atoms with Crippen LogP contribution in [0, 0.1) is 5.82 Å². The lowest BCUT2D eigenvalue weighted by atomic mass is 10.4. The van der Waals surface area contributed by atoms with E-state index in [9.17, 15) is 9.18 Å². The molecule has 6 heteroatoms. The molecule has 1 heterocycles. The number of benzene rings is 1. The van der Waals surface area contributed by atoms with Crippen molar-refractivity contribution in [2.45, 2.75) is 17.9 Å². The fourth-order valence-corrected chi connectivity index (χ4v) is 3.79. The Kier molecular flexibility index (Phi) is 6.06. The highest BCUT2D eigenvalue weighted by Crippen LogP contribution is 2.22. The number of carbonyl (C=O) groups is 1. The highest BCUT2D eigenvalue weighted by molar-refractivity contribution is 9.11. The topological polar surface area (TPSA) is 29.1 Å². The number of thioether (sulfide) groups is 1. The molecule has 2 rings (SSSR count). The van der Waals surface area contributed by atoms with Gasteiger partial charge in [-0.3, -0.25) is 4.79 Å². The number of hydrogen-bond donors (Lipinski definition) is 1. The van der Waals surface area contributed by atoms with E-state index in [2.05, 4.69) is 21.2 Å². The van der Waals surface area contributed by atoms with E-state index in [1.165, 1.54) is 12.1 Å². The van der Waals surface area contributed by atoms with Gasteiger partial charge in [-0.1, -0.05) is 0 Å². The number of halogens is 2. The monoisotopic (exact) mass is 373 g/mol. The lowest BCUT2D eigenvalue weighted by molar-refractivity contribution is -0.120. The van der Waals surface area contributed by atoms with Crippen LogP contribution >= 0.6 is 39.0 Å². The van der Waals surface area contributed by atoms with Crippen molar-refractivity contribution in [2.75, 3.05) is 5.75 Å². The van der Waals surface area contributed by atoms with Gasteiger partial charge in [0.15, 0.2) is 0 Å². The van der Waals surface area contributed by atoms with Crippen LogP contribution in [0.3, 0.4) is 0 Å². The number of amides is 1. The number of carbonyl (C=O) groups excluding carboxylic acids is 1. The Bertz CT molecular complexity index is 571. The largest absolute Gasteiger partial charge is 0.351 e. The summed E-state index contributed by atoms with van der Waals surface area (Å²) in [5.74, 6) is 0.476. The normalized spacial score (nSPS) is 10.5. The molecule has 0 aliphatic rings. The summed E-state index contributed by atoms with van der Waals surface area (Å²) in [7, 11) is 0. The maximum absolute atomic E-state index is 12.7. The zero-order chi connectivity index (χ0) is 14.4. The van der Waals surface area contributed by atoms with Crippen molar-refractivity contribution in [3.05, 3.63) is 50.9 Å². The lowest BCUT2D eigenvalue weighted by Crippen LogP contribution is -2.22. The van der Waals surface area contributed by atoms with Gasteiger partial charge >= 0.3 is 0 Å². The summed E-state index contributed by atoms with van der Waals surface area (Å²) in [6.45, 7) is 0.566. The molecule has 2 nitrogen and oxygen atoms in total. The summed E-state index contributed by atoms with van der Waals surface area (Å²) < 4.78 is 13.8. The van der Waals surface area contributed by atoms with E-state index >= 15 is 0 Å². The Labute approximate surface area is 133 Å². The highest BCUT2D eigenvalue weighted by atomic mass is 79.9. The van der Waals surface area contributed by atoms with E-state index in [0.29, 0.717) is 18.7 Å². The minimum Gasteiger partial charge on any atom is -0.351 e. The molecule has 0 bridgehead atoms. The fraction of sp³-hybridized carbons (Fsp3) is 0.214. The Morgan fingerprint density at radius 2 is 2.00 bits per heavy atom. The Hall–Kier alpha value is -0.850. The molecule has 0 saturated heterocycles. The van der Waals surface area contributed by atoms with Crippen LogP contribution in [0.15, 0.2) is 45.1 Å². The van der Waals surface area contributed by atoms with E-state index in [4.69, 9.17) is 0 Å². The molecule has 0 atom stereocenters. The minimum absolute atomic E-state index is 0.0316. The molecule has 0 saturated carbocycles. The van der Waals surface area contributed by atoms with Crippen molar-refractivity contribution in [1.82, 2.24) is 5.32 Å². The number of nitrogens with one attached hydrogen (secondary N) is 1. The van der Waals surface area contributed by atoms with Crippen LogP contribution in [0.25, 0.3) is 0 Å². The van der Waals surface area contributed by atoms with Gasteiger partial charge in [0.2, 0.25) is 5.91 Å². The summed E-state index contributed by atoms with van der Waals surface area (Å²) in [6.07, 6.45) is 0.453. The maximum Gasteiger partial charge on any atom is 0.221 e. The molecular formula is C14H13BrFNOS2. The summed E-state index contributed by atoms with van der Waals surface area (Å²) in [5, 5.41) is 2.88. The first kappa shape index (κ1) is 15.5. The van der Waals surface area contributed by atoms with Crippen LogP contribution < -0.4 is 5.32 Å². The number of thiophene rings is 1. The second-order valence-corrected chi connectivity index (χ2v) is 7.75. The quantitative estimate of drug-likeness (QED) is 0.757. The molecule has 0 radical (unpaired) electrons. The SMILES string of the molecule is O=C(CCSc1ccc(F)cc1)NCc1ccc(Br)s1. The van der Waals surface area contributed by atoms with Gasteiger partial charge in [-0.05, 0) is 52.3 Å². The Balaban J connectivity index is 1.66. The molecule has 1 N–H and O–H groups in total. The molecule has 0 unspecified atom stereocenters. The average Bonchev–Trinajstić information content (AvgIpc) is 2.85. The van der Waals surface area contributed by atoms with Crippen molar-refractivity contribution in [3.8, 4) is 0 Å². The second kappa shape index (κ2) is 7.81. The number of rotatable bonds is 6. The number of hydrogen-bond acceptors (Lipinski definition) is 3. The van der Waals surface area contributed by atoms with Crippen LogP contribution in [-0.2, 0) is 11.3 Å². The predicted molar refractivity (Wildman–Crippen MR) is 85.6 cm³/mol. The first-order chi connectivity index (χ1) is 9.63. The molecule has 0 spiro atoms. The van der Waals surface area contributed by atoms with E-state index < -0.39 is 0 Å². The van der Waals surface area contributed by atoms with Crippen molar-refractivity contribution in [3.63, 3.8) is 0 Å². The van der Waals surface area contributed by atoms with Gasteiger partial charge in [0.1, 0.15) is 5.82 Å². The first-order valence-corrected chi connectivity index (χ1v) is 8.62. The van der Waals surface area contributed by atoms with E-state index in [1.54, 1.807) is 35.2 Å². The maximum atomic E-state index is 12.7. The summed E-state index contributed by atoms with van der Waals surface area (Å²) in [6, 6.07) is 10.3. The predicted octanol–water partition coefficient (Wildman–Crippen LogP) is 4.45. The third kappa shape index (κ3) is 5.26. The Morgan fingerprint density at radius 3 is 2.65 bits per heavy atom. The van der Waals surface area contributed by atoms with Crippen molar-refractivity contribution in [2.24, 2.45) is 0 Å². The van der Waals surface area contributed by atoms with E-state index in [0.717, 1.165) is 13.6 Å². The van der Waals surface area contributed by atoms with Gasteiger partial charge in [-0.25, -0.2) is 4.39 Å². The van der Waals surface area contributed by atoms with Crippen LogP contribution in [0.4, 0.5) is 4.39 Å². The zero-order valence-electron chi connectivity index (χ0n) is 10.6. The zero-order valence-corrected chi connectivity index (χ0v) is 13.8. The van der Waals surface area contributed by atoms with Gasteiger partial charge in [0.05, 0.1) is 10.3 Å². The molecule has 1 aromatic heterocycles. The second-order valence-electron chi connectivity index (χ2n) is 4.03. The summed E-state index contributed by atoms with van der Waals surface area (Å²) in [4.78, 5) is 13.8. The van der Waals surface area contributed by atoms with Gasteiger partial charge in [-0.15, -0.1) is 23.1 Å². The molecule has 2 aromatic rings.